The standard InChI is InChI=1S/C17H21ClF2N2O4S/c1-17(2,26-16(23)22-8-11-6-21-7-12(11)9-22)5-10-3-13(27(18,24)25)4-14(19)15(10)20/h3-4,11-12,21H,5-9H2,1-2H3/t11-,12+. The molecule has 0 spiro atoms. The van der Waals surface area contributed by atoms with Crippen LogP contribution in [0.4, 0.5) is 13.6 Å². The summed E-state index contributed by atoms with van der Waals surface area (Å²) < 4.78 is 56.3. The number of likely N-dealkylation sites (tertiary alicyclic amines) is 1. The van der Waals surface area contributed by atoms with E-state index in [1.54, 1.807) is 18.7 Å². The Balaban J connectivity index is 1.72. The van der Waals surface area contributed by atoms with Gasteiger partial charge >= 0.3 is 6.09 Å². The number of benzene rings is 1. The van der Waals surface area contributed by atoms with E-state index in [1.165, 1.54) is 0 Å². The van der Waals surface area contributed by atoms with Gasteiger partial charge in [0.2, 0.25) is 0 Å². The molecule has 1 amide bonds. The van der Waals surface area contributed by atoms with E-state index < -0.39 is 37.3 Å². The number of fused-ring (bicyclic) bond motifs is 1. The fraction of sp³-hybridized carbons (Fsp3) is 0.588. The van der Waals surface area contributed by atoms with E-state index >= 15 is 0 Å². The second-order valence-corrected chi connectivity index (χ2v) is 10.3. The highest BCUT2D eigenvalue weighted by atomic mass is 35.7. The summed E-state index contributed by atoms with van der Waals surface area (Å²) in [5.74, 6) is -1.71. The van der Waals surface area contributed by atoms with Gasteiger partial charge in [0.25, 0.3) is 9.05 Å². The molecule has 0 radical (unpaired) electrons. The minimum atomic E-state index is -4.22. The molecule has 27 heavy (non-hydrogen) atoms. The van der Waals surface area contributed by atoms with Gasteiger partial charge in [0, 0.05) is 43.3 Å². The topological polar surface area (TPSA) is 75.7 Å². The van der Waals surface area contributed by atoms with Crippen molar-refractivity contribution in [2.45, 2.75) is 30.8 Å². The van der Waals surface area contributed by atoms with Crippen LogP contribution >= 0.6 is 10.7 Å². The van der Waals surface area contributed by atoms with Crippen molar-refractivity contribution in [1.29, 1.82) is 0 Å². The van der Waals surface area contributed by atoms with Crippen LogP contribution < -0.4 is 5.32 Å². The number of carbonyl (C=O) groups is 1. The first-order valence-corrected chi connectivity index (χ1v) is 10.9. The van der Waals surface area contributed by atoms with E-state index in [9.17, 15) is 22.0 Å². The Morgan fingerprint density at radius 1 is 1.30 bits per heavy atom. The van der Waals surface area contributed by atoms with Crippen LogP contribution in [0, 0.1) is 23.5 Å². The van der Waals surface area contributed by atoms with E-state index in [1.807, 2.05) is 0 Å². The highest BCUT2D eigenvalue weighted by Crippen LogP contribution is 2.29. The van der Waals surface area contributed by atoms with Gasteiger partial charge in [-0.2, -0.15) is 0 Å². The Morgan fingerprint density at radius 2 is 1.89 bits per heavy atom. The van der Waals surface area contributed by atoms with Gasteiger partial charge in [-0.05, 0) is 43.4 Å². The Labute approximate surface area is 161 Å². The summed E-state index contributed by atoms with van der Waals surface area (Å²) >= 11 is 0. The second-order valence-electron chi connectivity index (χ2n) is 7.70. The average molecular weight is 423 g/mol. The summed E-state index contributed by atoms with van der Waals surface area (Å²) in [6.07, 6.45) is -0.722. The zero-order valence-electron chi connectivity index (χ0n) is 15.0. The predicted molar refractivity (Wildman–Crippen MR) is 95.1 cm³/mol. The van der Waals surface area contributed by atoms with Crippen LogP contribution in [0.25, 0.3) is 0 Å². The van der Waals surface area contributed by atoms with E-state index in [4.69, 9.17) is 15.4 Å². The molecule has 2 atom stereocenters. The maximum atomic E-state index is 14.1. The maximum absolute atomic E-state index is 14.1. The van der Waals surface area contributed by atoms with Gasteiger partial charge in [0.15, 0.2) is 11.6 Å². The molecule has 0 bridgehead atoms. The van der Waals surface area contributed by atoms with Crippen LogP contribution in [0.15, 0.2) is 17.0 Å². The van der Waals surface area contributed by atoms with Crippen molar-refractivity contribution in [2.75, 3.05) is 26.2 Å². The molecule has 0 aromatic heterocycles. The van der Waals surface area contributed by atoms with Crippen LogP contribution in [-0.2, 0) is 20.2 Å². The lowest BCUT2D eigenvalue weighted by Gasteiger charge is -2.29. The lowest BCUT2D eigenvalue weighted by Crippen LogP contribution is -2.39. The zero-order chi connectivity index (χ0) is 20.0. The van der Waals surface area contributed by atoms with Gasteiger partial charge in [-0.25, -0.2) is 22.0 Å². The van der Waals surface area contributed by atoms with E-state index in [2.05, 4.69) is 5.32 Å². The van der Waals surface area contributed by atoms with Gasteiger partial charge in [-0.3, -0.25) is 0 Å². The second kappa shape index (κ2) is 7.18. The van der Waals surface area contributed by atoms with Crippen molar-refractivity contribution in [3.63, 3.8) is 0 Å². The van der Waals surface area contributed by atoms with Gasteiger partial charge in [0.05, 0.1) is 4.90 Å². The van der Waals surface area contributed by atoms with Crippen molar-refractivity contribution >= 4 is 25.8 Å². The number of hydrogen-bond acceptors (Lipinski definition) is 5. The van der Waals surface area contributed by atoms with Crippen LogP contribution in [-0.4, -0.2) is 51.2 Å². The number of halogens is 3. The molecule has 0 aliphatic carbocycles. The Hall–Kier alpha value is -1.45. The smallest absolute Gasteiger partial charge is 0.410 e. The molecule has 2 heterocycles. The van der Waals surface area contributed by atoms with Gasteiger partial charge in [0.1, 0.15) is 5.60 Å². The molecular formula is C17H21ClF2N2O4S. The van der Waals surface area contributed by atoms with Gasteiger partial charge in [-0.15, -0.1) is 0 Å². The number of amides is 1. The molecule has 150 valence electrons. The number of nitrogens with zero attached hydrogens (tertiary/aromatic N) is 1. The Bertz CT molecular complexity index is 851. The number of nitrogens with one attached hydrogen (secondary N) is 1. The van der Waals surface area contributed by atoms with Crippen LogP contribution in [0.3, 0.4) is 0 Å². The van der Waals surface area contributed by atoms with Crippen LogP contribution in [0.1, 0.15) is 19.4 Å². The zero-order valence-corrected chi connectivity index (χ0v) is 16.5. The largest absolute Gasteiger partial charge is 0.443 e. The van der Waals surface area contributed by atoms with Crippen molar-refractivity contribution in [3.05, 3.63) is 29.3 Å². The van der Waals surface area contributed by atoms with Crippen molar-refractivity contribution in [1.82, 2.24) is 10.2 Å². The first-order chi connectivity index (χ1) is 12.5. The fourth-order valence-electron chi connectivity index (χ4n) is 3.69. The van der Waals surface area contributed by atoms with E-state index in [-0.39, 0.29) is 12.0 Å². The lowest BCUT2D eigenvalue weighted by atomic mass is 9.98. The molecule has 6 nitrogen and oxygen atoms in total. The quantitative estimate of drug-likeness (QED) is 0.754. The highest BCUT2D eigenvalue weighted by Gasteiger charge is 2.40. The van der Waals surface area contributed by atoms with Gasteiger partial charge < -0.3 is 15.0 Å². The molecule has 2 saturated heterocycles. The van der Waals surface area contributed by atoms with Crippen LogP contribution in [0.5, 0.6) is 0 Å². The molecule has 0 saturated carbocycles. The number of ether oxygens (including phenoxy) is 1. The van der Waals surface area contributed by atoms with Crippen LogP contribution in [0.2, 0.25) is 0 Å². The molecule has 10 heteroatoms. The third-order valence-electron chi connectivity index (χ3n) is 4.99. The molecular weight excluding hydrogens is 402 g/mol. The molecule has 2 aliphatic heterocycles. The van der Waals surface area contributed by atoms with E-state index in [0.29, 0.717) is 31.0 Å². The number of hydrogen-bond donors (Lipinski definition) is 1. The molecule has 1 N–H and O–H groups in total. The van der Waals surface area contributed by atoms with E-state index in [0.717, 1.165) is 19.2 Å². The molecule has 2 fully saturated rings. The van der Waals surface area contributed by atoms with Crippen molar-refractivity contribution in [3.8, 4) is 0 Å². The number of carbonyl (C=O) groups excluding carboxylic acids is 1. The molecule has 0 unspecified atom stereocenters. The Kier molecular flexibility index (Phi) is 5.39. The lowest BCUT2D eigenvalue weighted by molar-refractivity contribution is 0.0161. The predicted octanol–water partition coefficient (Wildman–Crippen LogP) is 2.50. The monoisotopic (exact) mass is 422 g/mol. The summed E-state index contributed by atoms with van der Waals surface area (Å²) in [7, 11) is 1.01. The third kappa shape index (κ3) is 4.52. The summed E-state index contributed by atoms with van der Waals surface area (Å²) in [4.78, 5) is 13.5. The first-order valence-electron chi connectivity index (χ1n) is 8.57. The average Bonchev–Trinajstić information content (AvgIpc) is 3.11. The summed E-state index contributed by atoms with van der Waals surface area (Å²) in [5.41, 5.74) is -1.40. The third-order valence-corrected chi connectivity index (χ3v) is 6.32. The minimum absolute atomic E-state index is 0.204. The minimum Gasteiger partial charge on any atom is -0.443 e. The molecule has 1 aromatic rings. The molecule has 3 rings (SSSR count). The molecule has 1 aromatic carbocycles. The summed E-state index contributed by atoms with van der Waals surface area (Å²) in [5, 5.41) is 3.28. The Morgan fingerprint density at radius 3 is 2.44 bits per heavy atom. The first kappa shape index (κ1) is 20.3. The normalized spacial score (nSPS) is 22.8. The summed E-state index contributed by atoms with van der Waals surface area (Å²) in [6, 6.07) is 1.49. The summed E-state index contributed by atoms with van der Waals surface area (Å²) in [6.45, 7) is 6.03. The number of rotatable bonds is 4. The van der Waals surface area contributed by atoms with Crippen molar-refractivity contribution in [2.24, 2.45) is 11.8 Å². The molecule has 2 aliphatic rings. The maximum Gasteiger partial charge on any atom is 0.410 e. The highest BCUT2D eigenvalue weighted by molar-refractivity contribution is 8.13. The fourth-order valence-corrected chi connectivity index (χ4v) is 4.48. The SMILES string of the molecule is CC(C)(Cc1cc(S(=O)(=O)Cl)cc(F)c1F)OC(=O)N1C[C@H]2CNC[C@H]2C1. The van der Waals surface area contributed by atoms with Gasteiger partial charge in [-0.1, -0.05) is 0 Å². The van der Waals surface area contributed by atoms with Crippen molar-refractivity contribution < 1.29 is 26.7 Å².